The summed E-state index contributed by atoms with van der Waals surface area (Å²) in [7, 11) is 4.07. The topological polar surface area (TPSA) is 34.0 Å². The number of nitrogens with zero attached hydrogens (tertiary/aromatic N) is 4. The first-order chi connectivity index (χ1) is 13.7. The lowest BCUT2D eigenvalue weighted by atomic mass is 9.80. The number of benzene rings is 2. The van der Waals surface area contributed by atoms with E-state index >= 15 is 0 Å². The Balaban J connectivity index is 1.74. The van der Waals surface area contributed by atoms with Gasteiger partial charge in [0.1, 0.15) is 5.82 Å². The summed E-state index contributed by atoms with van der Waals surface area (Å²) in [5, 5.41) is 4.78. The van der Waals surface area contributed by atoms with Gasteiger partial charge in [0.2, 0.25) is 0 Å². The lowest BCUT2D eigenvalue weighted by molar-refractivity contribution is 0.764. The van der Waals surface area contributed by atoms with Crippen LogP contribution >= 0.6 is 0 Å². The van der Waals surface area contributed by atoms with Gasteiger partial charge in [-0.1, -0.05) is 48.5 Å². The zero-order valence-electron chi connectivity index (χ0n) is 16.1. The molecule has 138 valence electrons. The molecule has 0 fully saturated rings. The Bertz CT molecular complexity index is 1110. The van der Waals surface area contributed by atoms with Crippen LogP contribution in [0, 0.1) is 0 Å². The molecule has 0 saturated carbocycles. The van der Waals surface area contributed by atoms with Gasteiger partial charge in [-0.05, 0) is 29.8 Å². The van der Waals surface area contributed by atoms with Crippen molar-refractivity contribution in [3.05, 3.63) is 95.8 Å². The predicted molar refractivity (Wildman–Crippen MR) is 113 cm³/mol. The molecule has 1 aliphatic rings. The van der Waals surface area contributed by atoms with E-state index in [1.54, 1.807) is 0 Å². The van der Waals surface area contributed by atoms with Crippen LogP contribution < -0.4 is 4.90 Å². The fraction of sp³-hybridized carbons (Fsp3) is 0.167. The molecule has 0 N–H and O–H groups in total. The van der Waals surface area contributed by atoms with Crippen molar-refractivity contribution in [3.63, 3.8) is 0 Å². The molecule has 1 atom stereocenters. The maximum absolute atomic E-state index is 4.99. The second-order valence-electron chi connectivity index (χ2n) is 7.42. The zero-order chi connectivity index (χ0) is 19.1. The summed E-state index contributed by atoms with van der Waals surface area (Å²) in [6.45, 7) is 0. The predicted octanol–water partition coefficient (Wildman–Crippen LogP) is 4.69. The summed E-state index contributed by atoms with van der Waals surface area (Å²) in [6, 6.07) is 25.3. The standard InChI is InChI=1S/C24H22N4/c1-27(2)23-14-13-19-22(26-23)15-20(17-9-5-3-6-10-17)21-16-25-28(24(19)21)18-11-7-4-8-12-18/h3-14,16,20H,15H2,1-2H3/t20-/m1/s1. The molecule has 28 heavy (non-hydrogen) atoms. The monoisotopic (exact) mass is 366 g/mol. The number of para-hydroxylation sites is 1. The van der Waals surface area contributed by atoms with E-state index in [-0.39, 0.29) is 5.92 Å². The van der Waals surface area contributed by atoms with Crippen LogP contribution in [-0.4, -0.2) is 28.9 Å². The molecule has 0 saturated heterocycles. The van der Waals surface area contributed by atoms with Gasteiger partial charge in [-0.3, -0.25) is 0 Å². The van der Waals surface area contributed by atoms with Crippen LogP contribution in [0.25, 0.3) is 16.9 Å². The Kier molecular flexibility index (Phi) is 3.97. The Morgan fingerprint density at radius 2 is 1.61 bits per heavy atom. The minimum Gasteiger partial charge on any atom is -0.363 e. The third-order valence-corrected chi connectivity index (χ3v) is 5.45. The van der Waals surface area contributed by atoms with Crippen LogP contribution in [0.4, 0.5) is 5.82 Å². The van der Waals surface area contributed by atoms with Gasteiger partial charge < -0.3 is 4.90 Å². The normalized spacial score (nSPS) is 15.0. The molecule has 0 radical (unpaired) electrons. The molecule has 4 nitrogen and oxygen atoms in total. The second kappa shape index (κ2) is 6.64. The van der Waals surface area contributed by atoms with Gasteiger partial charge in [0, 0.05) is 37.6 Å². The van der Waals surface area contributed by atoms with Gasteiger partial charge >= 0.3 is 0 Å². The molecule has 2 aromatic heterocycles. The number of pyridine rings is 1. The van der Waals surface area contributed by atoms with Gasteiger partial charge in [0.05, 0.1) is 23.3 Å². The highest BCUT2D eigenvalue weighted by Gasteiger charge is 2.31. The van der Waals surface area contributed by atoms with Crippen molar-refractivity contribution in [1.29, 1.82) is 0 Å². The molecule has 2 aromatic carbocycles. The van der Waals surface area contributed by atoms with E-state index in [0.29, 0.717) is 0 Å². The van der Waals surface area contributed by atoms with Crippen LogP contribution in [0.2, 0.25) is 0 Å². The van der Waals surface area contributed by atoms with Crippen LogP contribution in [0.5, 0.6) is 0 Å². The molecule has 0 aliphatic heterocycles. The molecule has 4 aromatic rings. The summed E-state index contributed by atoms with van der Waals surface area (Å²) in [5.74, 6) is 1.24. The SMILES string of the molecule is CN(C)c1ccc2c(n1)C[C@H](c1ccccc1)c1cnn(-c3ccccc3)c1-2. The first-order valence-electron chi connectivity index (χ1n) is 9.58. The third-order valence-electron chi connectivity index (χ3n) is 5.45. The third kappa shape index (κ3) is 2.69. The lowest BCUT2D eigenvalue weighted by Gasteiger charge is -2.26. The summed E-state index contributed by atoms with van der Waals surface area (Å²) in [6.07, 6.45) is 2.91. The largest absolute Gasteiger partial charge is 0.363 e. The molecule has 0 spiro atoms. The van der Waals surface area contributed by atoms with Crippen molar-refractivity contribution in [3.8, 4) is 16.9 Å². The number of anilines is 1. The van der Waals surface area contributed by atoms with Crippen LogP contribution in [0.15, 0.2) is 79.0 Å². The van der Waals surface area contributed by atoms with Crippen LogP contribution in [0.3, 0.4) is 0 Å². The highest BCUT2D eigenvalue weighted by atomic mass is 15.3. The fourth-order valence-electron chi connectivity index (χ4n) is 4.05. The molecule has 4 heteroatoms. The van der Waals surface area contributed by atoms with E-state index in [2.05, 4.69) is 76.3 Å². The average molecular weight is 366 g/mol. The number of aromatic nitrogens is 3. The molecule has 1 aliphatic carbocycles. The first kappa shape index (κ1) is 16.8. The van der Waals surface area contributed by atoms with E-state index in [1.165, 1.54) is 16.7 Å². The van der Waals surface area contributed by atoms with Crippen molar-refractivity contribution >= 4 is 5.82 Å². The van der Waals surface area contributed by atoms with E-state index in [9.17, 15) is 0 Å². The minimum absolute atomic E-state index is 0.256. The zero-order valence-corrected chi connectivity index (χ0v) is 16.1. The average Bonchev–Trinajstić information content (AvgIpc) is 3.19. The Morgan fingerprint density at radius 1 is 0.893 bits per heavy atom. The summed E-state index contributed by atoms with van der Waals surface area (Å²) in [5.41, 5.74) is 7.10. The fourth-order valence-corrected chi connectivity index (χ4v) is 4.05. The smallest absolute Gasteiger partial charge is 0.128 e. The van der Waals surface area contributed by atoms with Crippen LogP contribution in [-0.2, 0) is 6.42 Å². The number of fused-ring (bicyclic) bond motifs is 3. The van der Waals surface area contributed by atoms with E-state index < -0.39 is 0 Å². The molecular formula is C24H22N4. The Hall–Kier alpha value is -3.40. The molecular weight excluding hydrogens is 344 g/mol. The lowest BCUT2D eigenvalue weighted by Crippen LogP contribution is -2.17. The van der Waals surface area contributed by atoms with E-state index in [4.69, 9.17) is 10.1 Å². The molecule has 0 bridgehead atoms. The highest BCUT2D eigenvalue weighted by Crippen LogP contribution is 2.43. The van der Waals surface area contributed by atoms with E-state index in [1.807, 2.05) is 26.4 Å². The van der Waals surface area contributed by atoms with Gasteiger partial charge in [0.15, 0.2) is 0 Å². The van der Waals surface area contributed by atoms with Crippen molar-refractivity contribution in [1.82, 2.24) is 14.8 Å². The minimum atomic E-state index is 0.256. The van der Waals surface area contributed by atoms with Gasteiger partial charge in [-0.2, -0.15) is 5.10 Å². The van der Waals surface area contributed by atoms with Crippen molar-refractivity contribution in [2.45, 2.75) is 12.3 Å². The van der Waals surface area contributed by atoms with Crippen molar-refractivity contribution < 1.29 is 0 Å². The Morgan fingerprint density at radius 3 is 2.32 bits per heavy atom. The number of hydrogen-bond acceptors (Lipinski definition) is 3. The van der Waals surface area contributed by atoms with Crippen LogP contribution in [0.1, 0.15) is 22.7 Å². The maximum atomic E-state index is 4.99. The summed E-state index contributed by atoms with van der Waals surface area (Å²) >= 11 is 0. The van der Waals surface area contributed by atoms with Gasteiger partial charge in [-0.15, -0.1) is 0 Å². The Labute approximate surface area is 165 Å². The highest BCUT2D eigenvalue weighted by molar-refractivity contribution is 5.73. The van der Waals surface area contributed by atoms with Crippen molar-refractivity contribution in [2.75, 3.05) is 19.0 Å². The summed E-state index contributed by atoms with van der Waals surface area (Å²) < 4.78 is 2.06. The maximum Gasteiger partial charge on any atom is 0.128 e. The first-order valence-corrected chi connectivity index (χ1v) is 9.58. The van der Waals surface area contributed by atoms with Gasteiger partial charge in [-0.25, -0.2) is 9.67 Å². The number of hydrogen-bond donors (Lipinski definition) is 0. The van der Waals surface area contributed by atoms with Crippen molar-refractivity contribution in [2.24, 2.45) is 0 Å². The second-order valence-corrected chi connectivity index (χ2v) is 7.42. The van der Waals surface area contributed by atoms with Gasteiger partial charge in [0.25, 0.3) is 0 Å². The quantitative estimate of drug-likeness (QED) is 0.527. The summed E-state index contributed by atoms with van der Waals surface area (Å²) in [4.78, 5) is 7.04. The number of rotatable bonds is 3. The molecule has 0 unspecified atom stereocenters. The molecule has 0 amide bonds. The van der Waals surface area contributed by atoms with E-state index in [0.717, 1.165) is 29.3 Å². The molecule has 2 heterocycles. The molecule has 5 rings (SSSR count).